The van der Waals surface area contributed by atoms with Crippen molar-refractivity contribution in [3.05, 3.63) is 69.9 Å². The van der Waals surface area contributed by atoms with Crippen LogP contribution in [0.2, 0.25) is 0 Å². The number of nitrogens with zero attached hydrogens (tertiary/aromatic N) is 1. The van der Waals surface area contributed by atoms with Crippen molar-refractivity contribution in [3.8, 4) is 11.8 Å². The Bertz CT molecular complexity index is 1020. The van der Waals surface area contributed by atoms with Gasteiger partial charge in [-0.3, -0.25) is 4.79 Å². The molecule has 0 radical (unpaired) electrons. The molecule has 174 valence electrons. The van der Waals surface area contributed by atoms with Gasteiger partial charge in [0.25, 0.3) is 0 Å². The van der Waals surface area contributed by atoms with Crippen LogP contribution in [-0.4, -0.2) is 47.7 Å². The second-order valence-corrected chi connectivity index (χ2v) is 9.40. The zero-order valence-corrected chi connectivity index (χ0v) is 20.0. The highest BCUT2D eigenvalue weighted by atomic mass is 32.1. The van der Waals surface area contributed by atoms with E-state index in [1.165, 1.54) is 24.0 Å². The molecule has 1 aliphatic rings. The van der Waals surface area contributed by atoms with Gasteiger partial charge in [-0.05, 0) is 49.3 Å². The molecule has 1 aliphatic heterocycles. The van der Waals surface area contributed by atoms with Crippen LogP contribution in [0.5, 0.6) is 0 Å². The number of hydrogen-bond acceptors (Lipinski definition) is 5. The zero-order valence-electron chi connectivity index (χ0n) is 19.2. The molecule has 1 aromatic carbocycles. The molecule has 1 N–H and O–H groups in total. The van der Waals surface area contributed by atoms with Gasteiger partial charge in [0.05, 0.1) is 30.7 Å². The number of ether oxygens (including phenoxy) is 1. The summed E-state index contributed by atoms with van der Waals surface area (Å²) in [5.41, 5.74) is 1.32. The molecule has 0 aliphatic carbocycles. The molecule has 3 atom stereocenters. The summed E-state index contributed by atoms with van der Waals surface area (Å²) in [4.78, 5) is 26.9. The Kier molecular flexibility index (Phi) is 9.29. The Balaban J connectivity index is 1.49. The van der Waals surface area contributed by atoms with E-state index in [0.29, 0.717) is 17.8 Å². The summed E-state index contributed by atoms with van der Waals surface area (Å²) >= 11 is 1.27. The minimum absolute atomic E-state index is 0.0491. The van der Waals surface area contributed by atoms with Gasteiger partial charge in [0.15, 0.2) is 0 Å². The highest BCUT2D eigenvalue weighted by Crippen LogP contribution is 2.21. The van der Waals surface area contributed by atoms with Crippen LogP contribution in [0, 0.1) is 17.8 Å². The van der Waals surface area contributed by atoms with E-state index in [1.807, 2.05) is 18.2 Å². The largest absolute Gasteiger partial charge is 0.465 e. The van der Waals surface area contributed by atoms with Crippen molar-refractivity contribution in [2.75, 3.05) is 13.7 Å². The van der Waals surface area contributed by atoms with Gasteiger partial charge in [0, 0.05) is 6.42 Å². The molecule has 1 fully saturated rings. The molecule has 0 unspecified atom stereocenters. The number of carbonyl (C=O) groups is 2. The van der Waals surface area contributed by atoms with Gasteiger partial charge in [0.1, 0.15) is 4.88 Å². The summed E-state index contributed by atoms with van der Waals surface area (Å²) in [6.07, 6.45) is 7.45. The Morgan fingerprint density at radius 2 is 2.09 bits per heavy atom. The monoisotopic (exact) mass is 465 g/mol. The summed E-state index contributed by atoms with van der Waals surface area (Å²) in [6, 6.07) is 13.8. The number of aliphatic hydroxyl groups excluding tert-OH is 1. The van der Waals surface area contributed by atoms with Crippen LogP contribution < -0.4 is 0 Å². The van der Waals surface area contributed by atoms with Crippen molar-refractivity contribution < 1.29 is 19.4 Å². The first-order valence-corrected chi connectivity index (χ1v) is 12.2. The fourth-order valence-corrected chi connectivity index (χ4v) is 4.66. The number of benzene rings is 1. The molecule has 6 heteroatoms. The molecule has 0 bridgehead atoms. The Labute approximate surface area is 200 Å². The maximum Gasteiger partial charge on any atom is 0.348 e. The lowest BCUT2D eigenvalue weighted by atomic mass is 9.95. The molecule has 1 amide bonds. The van der Waals surface area contributed by atoms with Crippen molar-refractivity contribution in [3.63, 3.8) is 0 Å². The fraction of sp³-hybridized carbons (Fsp3) is 0.407. The first-order chi connectivity index (χ1) is 16.0. The van der Waals surface area contributed by atoms with E-state index in [0.717, 1.165) is 30.6 Å². The van der Waals surface area contributed by atoms with E-state index >= 15 is 0 Å². The van der Waals surface area contributed by atoms with Crippen molar-refractivity contribution in [2.24, 2.45) is 5.92 Å². The summed E-state index contributed by atoms with van der Waals surface area (Å²) in [7, 11) is 1.35. The lowest BCUT2D eigenvalue weighted by Crippen LogP contribution is -2.32. The molecule has 1 saturated heterocycles. The van der Waals surface area contributed by atoms with Gasteiger partial charge in [-0.2, -0.15) is 0 Å². The number of hydrogen-bond donors (Lipinski definition) is 1. The van der Waals surface area contributed by atoms with Crippen molar-refractivity contribution in [2.45, 2.75) is 51.2 Å². The van der Waals surface area contributed by atoms with E-state index < -0.39 is 6.10 Å². The van der Waals surface area contributed by atoms with E-state index in [9.17, 15) is 14.7 Å². The van der Waals surface area contributed by atoms with Gasteiger partial charge >= 0.3 is 5.97 Å². The van der Waals surface area contributed by atoms with Gasteiger partial charge in [-0.15, -0.1) is 11.3 Å². The molecule has 0 spiro atoms. The molecule has 0 saturated carbocycles. The highest BCUT2D eigenvalue weighted by Gasteiger charge is 2.28. The number of carbonyl (C=O) groups excluding carboxylic acids is 2. The summed E-state index contributed by atoms with van der Waals surface area (Å²) in [5.74, 6) is 5.92. The molecule has 3 rings (SSSR count). The van der Waals surface area contributed by atoms with E-state index in [2.05, 4.69) is 43.0 Å². The van der Waals surface area contributed by atoms with Crippen LogP contribution in [0.4, 0.5) is 0 Å². The van der Waals surface area contributed by atoms with Gasteiger partial charge in [-0.25, -0.2) is 4.79 Å². The van der Waals surface area contributed by atoms with Gasteiger partial charge in [0.2, 0.25) is 5.91 Å². The Morgan fingerprint density at radius 3 is 2.85 bits per heavy atom. The predicted octanol–water partition coefficient (Wildman–Crippen LogP) is 4.45. The molecule has 5 nitrogen and oxygen atoms in total. The zero-order chi connectivity index (χ0) is 23.6. The first-order valence-electron chi connectivity index (χ1n) is 11.3. The van der Waals surface area contributed by atoms with Crippen LogP contribution >= 0.6 is 11.3 Å². The minimum atomic E-state index is -0.535. The Morgan fingerprint density at radius 1 is 1.30 bits per heavy atom. The number of likely N-dealkylation sites (tertiary alicyclic amines) is 1. The van der Waals surface area contributed by atoms with Crippen LogP contribution in [0.3, 0.4) is 0 Å². The molecule has 2 heterocycles. The second kappa shape index (κ2) is 12.4. The number of amides is 1. The van der Waals surface area contributed by atoms with E-state index in [1.54, 1.807) is 17.0 Å². The van der Waals surface area contributed by atoms with Crippen LogP contribution in [0.15, 0.2) is 54.6 Å². The van der Waals surface area contributed by atoms with Gasteiger partial charge in [-0.1, -0.05) is 61.2 Å². The number of aliphatic hydroxyl groups is 1. The third kappa shape index (κ3) is 7.31. The number of methoxy groups -OCH3 is 1. The van der Waals surface area contributed by atoms with E-state index in [-0.39, 0.29) is 23.8 Å². The topological polar surface area (TPSA) is 66.8 Å². The average Bonchev–Trinajstić information content (AvgIpc) is 3.44. The van der Waals surface area contributed by atoms with Crippen molar-refractivity contribution in [1.82, 2.24) is 4.90 Å². The molecule has 33 heavy (non-hydrogen) atoms. The lowest BCUT2D eigenvalue weighted by molar-refractivity contribution is -0.127. The lowest BCUT2D eigenvalue weighted by Gasteiger charge is -2.21. The third-order valence-electron chi connectivity index (χ3n) is 5.91. The summed E-state index contributed by atoms with van der Waals surface area (Å²) in [5, 5.41) is 10.6. The highest BCUT2D eigenvalue weighted by molar-refractivity contribution is 7.14. The predicted molar refractivity (Wildman–Crippen MR) is 131 cm³/mol. The van der Waals surface area contributed by atoms with Crippen molar-refractivity contribution in [1.29, 1.82) is 0 Å². The number of thiophene rings is 1. The summed E-state index contributed by atoms with van der Waals surface area (Å²) in [6.45, 7) is 2.38. The minimum Gasteiger partial charge on any atom is -0.465 e. The average molecular weight is 466 g/mol. The van der Waals surface area contributed by atoms with Crippen LogP contribution in [-0.2, 0) is 16.0 Å². The molecular formula is C27H31NO4S. The maximum atomic E-state index is 12.3. The smallest absolute Gasteiger partial charge is 0.348 e. The number of rotatable bonds is 9. The van der Waals surface area contributed by atoms with Crippen LogP contribution in [0.25, 0.3) is 0 Å². The SMILES string of the molecule is COC(=O)c1ccc(C#CCN2C(=O)CC[C@@H]2/C=C/[C@@H](O)[C@@H](C)CCCc2ccccc2)s1. The second-order valence-electron chi connectivity index (χ2n) is 8.32. The Hall–Kier alpha value is -2.88. The standard InChI is InChI=1S/C27H31NO4S/c1-20(8-6-11-21-9-4-3-5-10-21)24(29)16-13-22-14-18-26(30)28(22)19-7-12-23-15-17-25(33-23)27(31)32-2/h3-5,9-10,13,15-17,20,22,24,29H,6,8,11,14,18-19H2,1-2H3/b16-13+/t20-,22-,24+/m0/s1. The normalized spacial score (nSPS) is 17.6. The fourth-order valence-electron chi connectivity index (χ4n) is 3.86. The van der Waals surface area contributed by atoms with E-state index in [4.69, 9.17) is 4.74 Å². The van der Waals surface area contributed by atoms with Gasteiger partial charge < -0.3 is 14.7 Å². The number of aryl methyl sites for hydroxylation is 1. The molecule has 1 aromatic heterocycles. The third-order valence-corrected chi connectivity index (χ3v) is 6.89. The maximum absolute atomic E-state index is 12.3. The van der Waals surface area contributed by atoms with Crippen molar-refractivity contribution >= 4 is 23.2 Å². The number of esters is 1. The quantitative estimate of drug-likeness (QED) is 0.337. The summed E-state index contributed by atoms with van der Waals surface area (Å²) < 4.78 is 4.71. The molecular weight excluding hydrogens is 434 g/mol. The molecule has 2 aromatic rings. The first kappa shape index (κ1) is 24.8. The van der Waals surface area contributed by atoms with Crippen LogP contribution in [0.1, 0.15) is 52.7 Å².